The second-order valence-electron chi connectivity index (χ2n) is 9.57. The summed E-state index contributed by atoms with van der Waals surface area (Å²) in [5.41, 5.74) is 2.70. The van der Waals surface area contributed by atoms with Crippen molar-refractivity contribution in [1.29, 1.82) is 0 Å². The molecule has 1 aliphatic heterocycles. The topological polar surface area (TPSA) is 90.5 Å². The van der Waals surface area contributed by atoms with E-state index >= 15 is 0 Å². The monoisotopic (exact) mass is 476 g/mol. The van der Waals surface area contributed by atoms with Gasteiger partial charge in [0.05, 0.1) is 6.54 Å². The number of anilines is 2. The third kappa shape index (κ3) is 7.31. The maximum Gasteiger partial charge on any atom is 0.253 e. The summed E-state index contributed by atoms with van der Waals surface area (Å²) in [6.45, 7) is 1.73. The molecule has 4 rings (SSSR count). The van der Waals surface area contributed by atoms with Crippen LogP contribution < -0.4 is 16.0 Å². The molecule has 1 saturated carbocycles. The lowest BCUT2D eigenvalue weighted by Crippen LogP contribution is -2.36. The molecule has 2 aromatic carbocycles. The van der Waals surface area contributed by atoms with E-state index in [1.54, 1.807) is 36.4 Å². The van der Waals surface area contributed by atoms with Crippen molar-refractivity contribution in [2.24, 2.45) is 0 Å². The maximum absolute atomic E-state index is 12.7. The number of hydrogen-bond acceptors (Lipinski definition) is 4. The highest BCUT2D eigenvalue weighted by atomic mass is 16.2. The molecule has 35 heavy (non-hydrogen) atoms. The lowest BCUT2D eigenvalue weighted by Gasteiger charge is -2.22. The lowest BCUT2D eigenvalue weighted by molar-refractivity contribution is -0.114. The van der Waals surface area contributed by atoms with Crippen molar-refractivity contribution in [2.75, 3.05) is 30.3 Å². The fraction of sp³-hybridized carbons (Fsp3) is 0.464. The average Bonchev–Trinajstić information content (AvgIpc) is 3.18. The summed E-state index contributed by atoms with van der Waals surface area (Å²) in [7, 11) is 0. The number of hydrogen-bond donors (Lipinski definition) is 3. The van der Waals surface area contributed by atoms with E-state index in [4.69, 9.17) is 0 Å². The Morgan fingerprint density at radius 1 is 0.714 bits per heavy atom. The first-order valence-electron chi connectivity index (χ1n) is 12.9. The van der Waals surface area contributed by atoms with Gasteiger partial charge in [-0.05, 0) is 74.2 Å². The highest BCUT2D eigenvalue weighted by Crippen LogP contribution is 2.19. The summed E-state index contributed by atoms with van der Waals surface area (Å²) in [6, 6.07) is 14.5. The summed E-state index contributed by atoms with van der Waals surface area (Å²) in [5, 5.41) is 9.06. The van der Waals surface area contributed by atoms with Gasteiger partial charge in [-0.1, -0.05) is 32.1 Å². The predicted octanol–water partition coefficient (Wildman–Crippen LogP) is 4.82. The van der Waals surface area contributed by atoms with Crippen LogP contribution in [0.2, 0.25) is 0 Å². The van der Waals surface area contributed by atoms with Gasteiger partial charge < -0.3 is 20.9 Å². The van der Waals surface area contributed by atoms with E-state index in [-0.39, 0.29) is 30.3 Å². The van der Waals surface area contributed by atoms with Crippen molar-refractivity contribution >= 4 is 29.1 Å². The van der Waals surface area contributed by atoms with E-state index in [0.717, 1.165) is 44.5 Å². The van der Waals surface area contributed by atoms with Crippen molar-refractivity contribution in [3.63, 3.8) is 0 Å². The smallest absolute Gasteiger partial charge is 0.253 e. The van der Waals surface area contributed by atoms with Crippen LogP contribution in [0.5, 0.6) is 0 Å². The van der Waals surface area contributed by atoms with E-state index in [0.29, 0.717) is 16.8 Å². The van der Waals surface area contributed by atoms with Gasteiger partial charge in [-0.3, -0.25) is 14.4 Å². The molecule has 1 aliphatic carbocycles. The molecule has 0 aromatic heterocycles. The number of carbonyl (C=O) groups is 3. The Labute approximate surface area is 207 Å². The van der Waals surface area contributed by atoms with E-state index < -0.39 is 0 Å². The van der Waals surface area contributed by atoms with Crippen LogP contribution in [0.25, 0.3) is 0 Å². The molecule has 0 bridgehead atoms. The van der Waals surface area contributed by atoms with Gasteiger partial charge in [-0.25, -0.2) is 0 Å². The Bertz CT molecular complexity index is 990. The van der Waals surface area contributed by atoms with Crippen LogP contribution in [0.3, 0.4) is 0 Å². The van der Waals surface area contributed by atoms with Crippen molar-refractivity contribution in [3.05, 3.63) is 59.7 Å². The summed E-state index contributed by atoms with van der Waals surface area (Å²) in [6.07, 6.45) is 10.2. The van der Waals surface area contributed by atoms with E-state index in [1.165, 1.54) is 32.1 Å². The Kier molecular flexibility index (Phi) is 8.76. The highest BCUT2D eigenvalue weighted by molar-refractivity contribution is 5.97. The fourth-order valence-corrected chi connectivity index (χ4v) is 4.80. The third-order valence-corrected chi connectivity index (χ3v) is 6.85. The van der Waals surface area contributed by atoms with Crippen molar-refractivity contribution in [3.8, 4) is 0 Å². The lowest BCUT2D eigenvalue weighted by atomic mass is 9.95. The molecule has 0 unspecified atom stereocenters. The van der Waals surface area contributed by atoms with Crippen LogP contribution in [-0.4, -0.2) is 48.3 Å². The van der Waals surface area contributed by atoms with Gasteiger partial charge in [0.2, 0.25) is 5.91 Å². The number of nitrogens with one attached hydrogen (secondary N) is 3. The van der Waals surface area contributed by atoms with Gasteiger partial charge in [0.15, 0.2) is 0 Å². The quantitative estimate of drug-likeness (QED) is 0.535. The fourth-order valence-electron chi connectivity index (χ4n) is 4.80. The molecule has 186 valence electrons. The molecule has 0 radical (unpaired) electrons. The van der Waals surface area contributed by atoms with Gasteiger partial charge in [0, 0.05) is 41.6 Å². The van der Waals surface area contributed by atoms with Crippen LogP contribution >= 0.6 is 0 Å². The minimum absolute atomic E-state index is 0.0426. The summed E-state index contributed by atoms with van der Waals surface area (Å²) < 4.78 is 0. The maximum atomic E-state index is 12.7. The van der Waals surface area contributed by atoms with Crippen molar-refractivity contribution < 1.29 is 14.4 Å². The van der Waals surface area contributed by atoms with E-state index in [9.17, 15) is 14.4 Å². The van der Waals surface area contributed by atoms with Gasteiger partial charge in [-0.2, -0.15) is 0 Å². The van der Waals surface area contributed by atoms with E-state index in [1.807, 2.05) is 17.0 Å². The molecular weight excluding hydrogens is 440 g/mol. The molecule has 1 heterocycles. The van der Waals surface area contributed by atoms with Crippen molar-refractivity contribution in [2.45, 2.75) is 63.8 Å². The zero-order valence-corrected chi connectivity index (χ0v) is 20.4. The summed E-state index contributed by atoms with van der Waals surface area (Å²) >= 11 is 0. The third-order valence-electron chi connectivity index (χ3n) is 6.85. The zero-order valence-electron chi connectivity index (χ0n) is 20.4. The summed E-state index contributed by atoms with van der Waals surface area (Å²) in [5.74, 6) is -0.169. The van der Waals surface area contributed by atoms with Crippen LogP contribution in [0.15, 0.2) is 48.5 Å². The molecule has 0 spiro atoms. The first-order chi connectivity index (χ1) is 17.1. The number of likely N-dealkylation sites (tertiary alicyclic amines) is 1. The van der Waals surface area contributed by atoms with Crippen LogP contribution in [0.1, 0.15) is 78.5 Å². The van der Waals surface area contributed by atoms with Gasteiger partial charge >= 0.3 is 0 Å². The van der Waals surface area contributed by atoms with Crippen LogP contribution in [-0.2, 0) is 4.79 Å². The van der Waals surface area contributed by atoms with E-state index in [2.05, 4.69) is 16.0 Å². The number of benzene rings is 2. The van der Waals surface area contributed by atoms with Gasteiger partial charge in [-0.15, -0.1) is 0 Å². The molecule has 2 aliphatic rings. The van der Waals surface area contributed by atoms with Crippen molar-refractivity contribution in [1.82, 2.24) is 10.2 Å². The number of amides is 3. The minimum Gasteiger partial charge on any atom is -0.376 e. The SMILES string of the molecule is O=C(CNc1ccc(C(=O)NC2CCCCC2)cc1)Nc1ccc(C(=O)N2CCCCCC2)cc1. The highest BCUT2D eigenvalue weighted by Gasteiger charge is 2.18. The standard InChI is InChI=1S/C28H36N4O3/c33-26(30-25-16-12-22(13-17-25)28(35)32-18-6-1-2-7-19-32)20-29-23-14-10-21(11-15-23)27(34)31-24-8-4-3-5-9-24/h10-17,24,29H,1-9,18-20H2,(H,30,33)(H,31,34). The Morgan fingerprint density at radius 2 is 1.29 bits per heavy atom. The predicted molar refractivity (Wildman–Crippen MR) is 139 cm³/mol. The summed E-state index contributed by atoms with van der Waals surface area (Å²) in [4.78, 5) is 39.5. The molecule has 7 heteroatoms. The second-order valence-corrected chi connectivity index (χ2v) is 9.57. The minimum atomic E-state index is -0.185. The second kappa shape index (κ2) is 12.4. The Balaban J connectivity index is 1.22. The average molecular weight is 477 g/mol. The normalized spacial score (nSPS) is 16.7. The molecule has 2 aromatic rings. The zero-order chi connectivity index (χ0) is 24.5. The largest absolute Gasteiger partial charge is 0.376 e. The molecule has 3 N–H and O–H groups in total. The molecule has 7 nitrogen and oxygen atoms in total. The molecule has 0 atom stereocenters. The first kappa shape index (κ1) is 24.8. The Morgan fingerprint density at radius 3 is 1.94 bits per heavy atom. The molecule has 1 saturated heterocycles. The van der Waals surface area contributed by atoms with Crippen LogP contribution in [0, 0.1) is 0 Å². The number of rotatable bonds is 7. The first-order valence-corrected chi connectivity index (χ1v) is 12.9. The number of nitrogens with zero attached hydrogens (tertiary/aromatic N) is 1. The van der Waals surface area contributed by atoms with Gasteiger partial charge in [0.1, 0.15) is 0 Å². The molecule has 3 amide bonds. The molecule has 2 fully saturated rings. The molecular formula is C28H36N4O3. The van der Waals surface area contributed by atoms with Crippen LogP contribution in [0.4, 0.5) is 11.4 Å². The van der Waals surface area contributed by atoms with Gasteiger partial charge in [0.25, 0.3) is 11.8 Å². The number of carbonyl (C=O) groups excluding carboxylic acids is 3. The Hall–Kier alpha value is -3.35.